The van der Waals surface area contributed by atoms with Crippen LogP contribution in [0.15, 0.2) is 34.9 Å². The van der Waals surface area contributed by atoms with Crippen molar-refractivity contribution in [1.29, 1.82) is 0 Å². The second kappa shape index (κ2) is 7.98. The minimum atomic E-state index is -4.65. The van der Waals surface area contributed by atoms with Gasteiger partial charge in [-0.3, -0.25) is 9.69 Å². The van der Waals surface area contributed by atoms with Gasteiger partial charge in [0.15, 0.2) is 6.29 Å². The van der Waals surface area contributed by atoms with Crippen LogP contribution in [-0.2, 0) is 6.18 Å². The molecular formula is C20H17BrClF3N4O2. The van der Waals surface area contributed by atoms with Crippen molar-refractivity contribution in [2.45, 2.75) is 25.2 Å². The zero-order chi connectivity index (χ0) is 22.5. The van der Waals surface area contributed by atoms with E-state index in [9.17, 15) is 22.8 Å². The number of urea groups is 1. The molecule has 0 bridgehead atoms. The molecule has 0 unspecified atom stereocenters. The maximum atomic E-state index is 13.6. The number of hydrogen-bond donors (Lipinski definition) is 0. The smallest absolute Gasteiger partial charge is 0.363 e. The number of fused-ring (bicyclic) bond motifs is 1. The number of hydrogen-bond acceptors (Lipinski definition) is 4. The average molecular weight is 518 g/mol. The Morgan fingerprint density at radius 1 is 1.13 bits per heavy atom. The molecule has 2 saturated heterocycles. The zero-order valence-electron chi connectivity index (χ0n) is 16.2. The van der Waals surface area contributed by atoms with E-state index in [1.807, 2.05) is 11.8 Å². The molecule has 1 aromatic carbocycles. The van der Waals surface area contributed by atoms with E-state index in [2.05, 4.69) is 20.9 Å². The van der Waals surface area contributed by atoms with Crippen LogP contribution in [0.5, 0.6) is 0 Å². The summed E-state index contributed by atoms with van der Waals surface area (Å²) in [5.41, 5.74) is -0.278. The lowest BCUT2D eigenvalue weighted by Gasteiger charge is -2.42. The van der Waals surface area contributed by atoms with Gasteiger partial charge in [0.2, 0.25) is 0 Å². The van der Waals surface area contributed by atoms with E-state index >= 15 is 0 Å². The molecule has 0 N–H and O–H groups in total. The number of amides is 2. The molecule has 2 fully saturated rings. The van der Waals surface area contributed by atoms with Crippen molar-refractivity contribution in [2.24, 2.45) is 0 Å². The minimum Gasteiger partial charge on any atom is -0.363 e. The summed E-state index contributed by atoms with van der Waals surface area (Å²) in [7, 11) is 0. The number of anilines is 2. The number of carbonyl (C=O) groups is 2. The number of alkyl halides is 3. The Balaban J connectivity index is 1.65. The van der Waals surface area contributed by atoms with Gasteiger partial charge in [0.05, 0.1) is 23.0 Å². The monoisotopic (exact) mass is 516 g/mol. The molecule has 6 nitrogen and oxygen atoms in total. The number of pyridine rings is 1. The van der Waals surface area contributed by atoms with Gasteiger partial charge in [-0.05, 0) is 53.2 Å². The van der Waals surface area contributed by atoms with E-state index in [-0.39, 0.29) is 35.0 Å². The molecule has 31 heavy (non-hydrogen) atoms. The Kier molecular flexibility index (Phi) is 5.63. The Hall–Kier alpha value is -2.33. The van der Waals surface area contributed by atoms with E-state index in [1.54, 1.807) is 17.0 Å². The minimum absolute atomic E-state index is 0.0515. The largest absolute Gasteiger partial charge is 0.418 e. The lowest BCUT2D eigenvalue weighted by Crippen LogP contribution is -2.57. The second-order valence-corrected chi connectivity index (χ2v) is 8.77. The van der Waals surface area contributed by atoms with Gasteiger partial charge < -0.3 is 9.80 Å². The van der Waals surface area contributed by atoms with Gasteiger partial charge in [-0.25, -0.2) is 9.78 Å². The van der Waals surface area contributed by atoms with Crippen LogP contribution in [0.25, 0.3) is 0 Å². The second-order valence-electron chi connectivity index (χ2n) is 7.52. The predicted molar refractivity (Wildman–Crippen MR) is 114 cm³/mol. The van der Waals surface area contributed by atoms with Crippen LogP contribution in [0.1, 0.15) is 23.0 Å². The summed E-state index contributed by atoms with van der Waals surface area (Å²) in [5, 5.41) is -0.0515. The number of nitrogens with zero attached hydrogens (tertiary/aromatic N) is 4. The number of rotatable bonds is 3. The van der Waals surface area contributed by atoms with E-state index in [4.69, 9.17) is 11.6 Å². The molecule has 2 aliphatic heterocycles. The highest BCUT2D eigenvalue weighted by molar-refractivity contribution is 9.10. The fraction of sp³-hybridized carbons (Fsp3) is 0.350. The van der Waals surface area contributed by atoms with Gasteiger partial charge in [-0.15, -0.1) is 0 Å². The number of aromatic nitrogens is 1. The molecule has 0 radical (unpaired) electrons. The number of carbonyl (C=O) groups excluding carboxylic acids is 2. The Morgan fingerprint density at radius 2 is 1.84 bits per heavy atom. The molecule has 2 amide bonds. The van der Waals surface area contributed by atoms with Crippen LogP contribution in [0.3, 0.4) is 0 Å². The van der Waals surface area contributed by atoms with Crippen molar-refractivity contribution in [2.75, 3.05) is 29.4 Å². The van der Waals surface area contributed by atoms with Crippen molar-refractivity contribution in [1.82, 2.24) is 9.88 Å². The van der Waals surface area contributed by atoms with Crippen molar-refractivity contribution < 1.29 is 22.8 Å². The van der Waals surface area contributed by atoms with E-state index < -0.39 is 17.8 Å². The van der Waals surface area contributed by atoms with Crippen LogP contribution in [0, 0.1) is 0 Å². The first-order valence-electron chi connectivity index (χ1n) is 9.43. The Morgan fingerprint density at radius 3 is 2.52 bits per heavy atom. The Bertz CT molecular complexity index is 1050. The number of benzene rings is 1. The molecule has 4 rings (SSSR count). The van der Waals surface area contributed by atoms with E-state index in [0.29, 0.717) is 29.7 Å². The van der Waals surface area contributed by atoms with Gasteiger partial charge >= 0.3 is 12.2 Å². The molecule has 0 spiro atoms. The predicted octanol–water partition coefficient (Wildman–Crippen LogP) is 4.85. The van der Waals surface area contributed by atoms with Gasteiger partial charge in [-0.2, -0.15) is 13.2 Å². The zero-order valence-corrected chi connectivity index (χ0v) is 18.6. The lowest BCUT2D eigenvalue weighted by atomic mass is 10.1. The van der Waals surface area contributed by atoms with Crippen LogP contribution >= 0.6 is 27.5 Å². The van der Waals surface area contributed by atoms with Gasteiger partial charge in [0.25, 0.3) is 0 Å². The summed E-state index contributed by atoms with van der Waals surface area (Å²) < 4.78 is 41.3. The number of aldehydes is 1. The van der Waals surface area contributed by atoms with Crippen LogP contribution in [0.2, 0.25) is 5.02 Å². The Labute approximate surface area is 189 Å². The molecule has 3 heterocycles. The van der Waals surface area contributed by atoms with Crippen LogP contribution in [-0.4, -0.2) is 53.9 Å². The number of piperazine rings is 1. The fourth-order valence-corrected chi connectivity index (χ4v) is 4.65. The van der Waals surface area contributed by atoms with Crippen LogP contribution < -0.4 is 9.80 Å². The quantitative estimate of drug-likeness (QED) is 0.432. The average Bonchev–Trinajstić information content (AvgIpc) is 3.02. The summed E-state index contributed by atoms with van der Waals surface area (Å²) >= 11 is 9.02. The molecule has 0 saturated carbocycles. The standard InChI is InChI=1S/C20H17BrClF3N4O2/c1-11-7-28-13(8-27(11)17-4-5-18(21)26-15(17)10-30)9-29(19(28)31)16-3-2-12(22)6-14(16)20(23,24)25/h2-6,10-11,13H,7-9H2,1H3/t11-,13+/m1/s1. The molecule has 2 aliphatic rings. The molecule has 164 valence electrons. The first-order chi connectivity index (χ1) is 14.6. The van der Waals surface area contributed by atoms with Gasteiger partial charge in [-0.1, -0.05) is 11.6 Å². The summed E-state index contributed by atoms with van der Waals surface area (Å²) in [6.07, 6.45) is -3.99. The topological polar surface area (TPSA) is 56.8 Å². The third-order valence-electron chi connectivity index (χ3n) is 5.56. The third kappa shape index (κ3) is 3.98. The van der Waals surface area contributed by atoms with Crippen molar-refractivity contribution in [3.63, 3.8) is 0 Å². The highest BCUT2D eigenvalue weighted by Crippen LogP contribution is 2.40. The van der Waals surface area contributed by atoms with Gasteiger partial charge in [0.1, 0.15) is 10.3 Å². The highest BCUT2D eigenvalue weighted by Gasteiger charge is 2.46. The molecular weight excluding hydrogens is 501 g/mol. The highest BCUT2D eigenvalue weighted by atomic mass is 79.9. The molecule has 2 atom stereocenters. The first kappa shape index (κ1) is 21.9. The molecule has 1 aromatic heterocycles. The summed E-state index contributed by atoms with van der Waals surface area (Å²) in [5.74, 6) is 0. The van der Waals surface area contributed by atoms with E-state index in [0.717, 1.165) is 11.0 Å². The maximum absolute atomic E-state index is 13.6. The van der Waals surface area contributed by atoms with Crippen LogP contribution in [0.4, 0.5) is 29.3 Å². The van der Waals surface area contributed by atoms with Gasteiger partial charge in [0, 0.05) is 30.7 Å². The van der Waals surface area contributed by atoms with Crippen molar-refractivity contribution in [3.8, 4) is 0 Å². The maximum Gasteiger partial charge on any atom is 0.418 e. The molecule has 0 aliphatic carbocycles. The summed E-state index contributed by atoms with van der Waals surface area (Å²) in [4.78, 5) is 33.4. The summed E-state index contributed by atoms with van der Waals surface area (Å²) in [6.45, 7) is 2.66. The first-order valence-corrected chi connectivity index (χ1v) is 10.6. The lowest BCUT2D eigenvalue weighted by molar-refractivity contribution is -0.137. The molecule has 11 heteroatoms. The van der Waals surface area contributed by atoms with Crippen molar-refractivity contribution >= 4 is 51.2 Å². The fourth-order valence-electron chi connectivity index (χ4n) is 4.15. The SMILES string of the molecule is C[C@@H]1CN2C(=O)N(c3ccc(Cl)cc3C(F)(F)F)C[C@@H]2CN1c1ccc(Br)nc1C=O. The molecule has 2 aromatic rings. The normalized spacial score (nSPS) is 21.5. The summed E-state index contributed by atoms with van der Waals surface area (Å²) in [6, 6.07) is 5.91. The third-order valence-corrected chi connectivity index (χ3v) is 6.23. The van der Waals surface area contributed by atoms with Crippen molar-refractivity contribution in [3.05, 3.63) is 51.2 Å². The van der Waals surface area contributed by atoms with E-state index in [1.165, 1.54) is 12.1 Å². The number of halogens is 5.